The fourth-order valence-corrected chi connectivity index (χ4v) is 5.71. The van der Waals surface area contributed by atoms with Crippen LogP contribution in [-0.2, 0) is 24.3 Å². The normalized spacial score (nSPS) is 27.8. The summed E-state index contributed by atoms with van der Waals surface area (Å²) in [4.78, 5) is 37.3. The molecule has 4 N–H and O–H groups in total. The summed E-state index contributed by atoms with van der Waals surface area (Å²) in [6.45, 7) is 4.56. The highest BCUT2D eigenvalue weighted by Gasteiger charge is 2.46. The highest BCUT2D eigenvalue weighted by Crippen LogP contribution is 2.48. The zero-order chi connectivity index (χ0) is 25.8. The first-order valence-corrected chi connectivity index (χ1v) is 14.1. The summed E-state index contributed by atoms with van der Waals surface area (Å²) in [6, 6.07) is -1.42. The molecular formula is C23H38N4O7S. The van der Waals surface area contributed by atoms with Gasteiger partial charge in [0.1, 0.15) is 12.1 Å². The Morgan fingerprint density at radius 1 is 1.31 bits per heavy atom. The molecule has 0 aromatic heterocycles. The number of aliphatic hydroxyl groups is 1. The van der Waals surface area contributed by atoms with E-state index in [4.69, 9.17) is 4.74 Å². The lowest BCUT2D eigenvalue weighted by Gasteiger charge is -2.47. The number of nitrogens with zero attached hydrogens (tertiary/aromatic N) is 1. The van der Waals surface area contributed by atoms with E-state index in [2.05, 4.69) is 16.0 Å². The molecule has 2 fully saturated rings. The lowest BCUT2D eigenvalue weighted by Crippen LogP contribution is -2.53. The van der Waals surface area contributed by atoms with Crippen molar-refractivity contribution in [2.75, 3.05) is 26.0 Å². The van der Waals surface area contributed by atoms with Crippen LogP contribution in [0.1, 0.15) is 52.4 Å². The lowest BCUT2D eigenvalue weighted by molar-refractivity contribution is -0.126. The van der Waals surface area contributed by atoms with Crippen LogP contribution in [0.15, 0.2) is 12.3 Å². The van der Waals surface area contributed by atoms with E-state index in [9.17, 15) is 27.9 Å². The third kappa shape index (κ3) is 7.33. The van der Waals surface area contributed by atoms with Crippen LogP contribution >= 0.6 is 0 Å². The molecule has 1 spiro atoms. The fraction of sp³-hybridized carbons (Fsp3) is 0.783. The second-order valence-corrected chi connectivity index (χ2v) is 12.4. The van der Waals surface area contributed by atoms with E-state index in [1.165, 1.54) is 10.6 Å². The van der Waals surface area contributed by atoms with Crippen molar-refractivity contribution in [1.82, 2.24) is 20.3 Å². The van der Waals surface area contributed by atoms with E-state index < -0.39 is 34.1 Å². The van der Waals surface area contributed by atoms with Gasteiger partial charge in [0.15, 0.2) is 0 Å². The van der Waals surface area contributed by atoms with Crippen LogP contribution in [0.4, 0.5) is 4.79 Å². The van der Waals surface area contributed by atoms with Crippen molar-refractivity contribution in [1.29, 1.82) is 0 Å². The zero-order valence-corrected chi connectivity index (χ0v) is 21.5. The Labute approximate surface area is 207 Å². The van der Waals surface area contributed by atoms with Gasteiger partial charge >= 0.3 is 6.09 Å². The SMILES string of the molecule is CC(C)C[C@H](NC(=O)OC1CC2(C=CN(S(C)(=O)=O)CC2)C1)C(=O)N[C@H](CO)C[C@@H]1CCNC1=O. The van der Waals surface area contributed by atoms with E-state index in [1.54, 1.807) is 6.20 Å². The van der Waals surface area contributed by atoms with Gasteiger partial charge in [-0.1, -0.05) is 19.9 Å². The van der Waals surface area contributed by atoms with Gasteiger partial charge in [-0.15, -0.1) is 0 Å². The summed E-state index contributed by atoms with van der Waals surface area (Å²) in [7, 11) is -3.27. The van der Waals surface area contributed by atoms with Crippen LogP contribution in [0.3, 0.4) is 0 Å². The molecule has 2 aliphatic heterocycles. The smallest absolute Gasteiger partial charge is 0.408 e. The molecule has 3 amide bonds. The molecule has 1 saturated carbocycles. The van der Waals surface area contributed by atoms with Gasteiger partial charge in [-0.3, -0.25) is 13.9 Å². The first-order valence-electron chi connectivity index (χ1n) is 12.2. The summed E-state index contributed by atoms with van der Waals surface area (Å²) in [5, 5.41) is 17.9. The quantitative estimate of drug-likeness (QED) is 0.330. The largest absolute Gasteiger partial charge is 0.446 e. The molecule has 35 heavy (non-hydrogen) atoms. The topological polar surface area (TPSA) is 154 Å². The molecule has 0 unspecified atom stereocenters. The summed E-state index contributed by atoms with van der Waals surface area (Å²) in [6.07, 6.45) is 6.91. The van der Waals surface area contributed by atoms with Crippen LogP contribution in [-0.4, -0.2) is 79.9 Å². The fourth-order valence-electron chi connectivity index (χ4n) is 5.00. The number of rotatable bonds is 10. The maximum Gasteiger partial charge on any atom is 0.408 e. The number of hydrogen-bond acceptors (Lipinski definition) is 7. The minimum Gasteiger partial charge on any atom is -0.446 e. The van der Waals surface area contributed by atoms with Gasteiger partial charge in [-0.2, -0.15) is 0 Å². The van der Waals surface area contributed by atoms with Crippen molar-refractivity contribution in [2.45, 2.75) is 70.6 Å². The van der Waals surface area contributed by atoms with Gasteiger partial charge < -0.3 is 25.8 Å². The van der Waals surface area contributed by atoms with Gasteiger partial charge in [0.05, 0.1) is 18.9 Å². The van der Waals surface area contributed by atoms with Crippen molar-refractivity contribution < 1.29 is 32.6 Å². The number of carbonyl (C=O) groups is 3. The number of allylic oxidation sites excluding steroid dienone is 1. The number of sulfonamides is 1. The third-order valence-corrected chi connectivity index (χ3v) is 8.16. The number of ether oxygens (including phenoxy) is 1. The summed E-state index contributed by atoms with van der Waals surface area (Å²) < 4.78 is 30.2. The molecule has 0 aromatic rings. The Hall–Kier alpha value is -2.34. The average molecular weight is 515 g/mol. The molecule has 3 rings (SSSR count). The van der Waals surface area contributed by atoms with Crippen LogP contribution in [0.25, 0.3) is 0 Å². The molecule has 1 aliphatic carbocycles. The summed E-state index contributed by atoms with van der Waals surface area (Å²) in [5.74, 6) is -0.628. The second-order valence-electron chi connectivity index (χ2n) is 10.5. The average Bonchev–Trinajstić information content (AvgIpc) is 3.15. The van der Waals surface area contributed by atoms with Crippen molar-refractivity contribution >= 4 is 27.9 Å². The number of amides is 3. The minimum atomic E-state index is -3.27. The zero-order valence-electron chi connectivity index (χ0n) is 20.7. The van der Waals surface area contributed by atoms with E-state index in [0.29, 0.717) is 51.6 Å². The van der Waals surface area contributed by atoms with Crippen LogP contribution in [0, 0.1) is 17.3 Å². The molecule has 3 aliphatic rings. The van der Waals surface area contributed by atoms with E-state index in [-0.39, 0.29) is 35.9 Å². The van der Waals surface area contributed by atoms with E-state index >= 15 is 0 Å². The predicted octanol–water partition coefficient (Wildman–Crippen LogP) is 0.458. The first-order chi connectivity index (χ1) is 16.4. The molecule has 2 heterocycles. The van der Waals surface area contributed by atoms with Gasteiger partial charge in [-0.25, -0.2) is 13.2 Å². The van der Waals surface area contributed by atoms with Crippen molar-refractivity contribution in [3.05, 3.63) is 12.3 Å². The number of nitrogens with one attached hydrogen (secondary N) is 3. The van der Waals surface area contributed by atoms with Gasteiger partial charge in [0.25, 0.3) is 0 Å². The number of aliphatic hydroxyl groups excluding tert-OH is 1. The third-order valence-electron chi connectivity index (χ3n) is 7.01. The van der Waals surface area contributed by atoms with E-state index in [0.717, 1.165) is 0 Å². The molecule has 3 atom stereocenters. The van der Waals surface area contributed by atoms with E-state index in [1.807, 2.05) is 19.9 Å². The summed E-state index contributed by atoms with van der Waals surface area (Å²) >= 11 is 0. The molecule has 12 heteroatoms. The monoisotopic (exact) mass is 514 g/mol. The molecule has 198 valence electrons. The minimum absolute atomic E-state index is 0.0757. The molecule has 1 saturated heterocycles. The number of alkyl carbamates (subject to hydrolysis) is 1. The molecule has 0 radical (unpaired) electrons. The Kier molecular flexibility index (Phi) is 8.68. The highest BCUT2D eigenvalue weighted by molar-refractivity contribution is 7.88. The Balaban J connectivity index is 1.49. The Morgan fingerprint density at radius 2 is 2.03 bits per heavy atom. The predicted molar refractivity (Wildman–Crippen MR) is 128 cm³/mol. The van der Waals surface area contributed by atoms with Crippen LogP contribution < -0.4 is 16.0 Å². The van der Waals surface area contributed by atoms with Gasteiger partial charge in [0, 0.05) is 25.2 Å². The van der Waals surface area contributed by atoms with Crippen LogP contribution in [0.2, 0.25) is 0 Å². The van der Waals surface area contributed by atoms with Crippen molar-refractivity contribution in [2.24, 2.45) is 17.3 Å². The molecule has 11 nitrogen and oxygen atoms in total. The molecule has 0 aromatic carbocycles. The molecular weight excluding hydrogens is 476 g/mol. The first kappa shape index (κ1) is 27.3. The maximum atomic E-state index is 12.9. The number of carbonyl (C=O) groups excluding carboxylic acids is 3. The van der Waals surface area contributed by atoms with Gasteiger partial charge in [0.2, 0.25) is 21.8 Å². The summed E-state index contributed by atoms with van der Waals surface area (Å²) in [5.41, 5.74) is -0.165. The molecule has 0 bridgehead atoms. The lowest BCUT2D eigenvalue weighted by atomic mass is 9.64. The second kappa shape index (κ2) is 11.2. The van der Waals surface area contributed by atoms with Crippen molar-refractivity contribution in [3.63, 3.8) is 0 Å². The maximum absolute atomic E-state index is 12.9. The Morgan fingerprint density at radius 3 is 2.54 bits per heavy atom. The van der Waals surface area contributed by atoms with Crippen LogP contribution in [0.5, 0.6) is 0 Å². The van der Waals surface area contributed by atoms with Crippen molar-refractivity contribution in [3.8, 4) is 0 Å². The number of hydrogen-bond donors (Lipinski definition) is 4. The standard InChI is InChI=1S/C23H38N4O7S/c1-15(2)10-19(21(30)25-17(14-28)11-16-4-7-24-20(16)29)26-22(31)34-18-12-23(13-18)5-8-27(9-6-23)35(3,32)33/h5,8,15-19,28H,4,6-7,9-14H2,1-3H3,(H,24,29)(H,25,30)(H,26,31)/t16-,17-,18?,19-,23?/m0/s1. The van der Waals surface area contributed by atoms with Gasteiger partial charge in [-0.05, 0) is 49.9 Å². The highest BCUT2D eigenvalue weighted by atomic mass is 32.2. The Bertz CT molecular complexity index is 930.